The first-order valence-electron chi connectivity index (χ1n) is 10.7. The maximum absolute atomic E-state index is 13.3. The zero-order valence-corrected chi connectivity index (χ0v) is 19.1. The molecule has 4 aromatic rings. The molecule has 2 heterocycles. The summed E-state index contributed by atoms with van der Waals surface area (Å²) >= 11 is 0. The standard InChI is InChI=1S/C26H26N4O3/c1-5-27-23-15-22(19-7-6-8-21(13-19)32-3)29-30(26(23)31)24-14-18(10-9-17(24)2)20-11-12-25(33-4)28-16-20/h6-16,27H,5H2,1-4H3. The SMILES string of the molecule is CCNc1cc(-c2cccc(OC)c2)nn(-c2cc(-c3ccc(OC)nc3)ccc2C)c1=O. The number of ether oxygens (including phenoxy) is 2. The molecule has 0 saturated heterocycles. The smallest absolute Gasteiger partial charge is 0.294 e. The second kappa shape index (κ2) is 9.56. The van der Waals surface area contributed by atoms with Crippen molar-refractivity contribution in [1.82, 2.24) is 14.8 Å². The molecule has 7 heteroatoms. The van der Waals surface area contributed by atoms with Crippen molar-refractivity contribution >= 4 is 5.69 Å². The van der Waals surface area contributed by atoms with E-state index in [1.54, 1.807) is 26.5 Å². The van der Waals surface area contributed by atoms with Gasteiger partial charge in [0, 0.05) is 29.9 Å². The molecule has 0 aliphatic rings. The number of pyridine rings is 1. The highest BCUT2D eigenvalue weighted by atomic mass is 16.5. The van der Waals surface area contributed by atoms with Gasteiger partial charge in [-0.3, -0.25) is 4.79 Å². The molecule has 0 radical (unpaired) electrons. The van der Waals surface area contributed by atoms with Crippen molar-refractivity contribution in [2.75, 3.05) is 26.1 Å². The van der Waals surface area contributed by atoms with E-state index in [0.29, 0.717) is 29.5 Å². The van der Waals surface area contributed by atoms with Gasteiger partial charge in [-0.25, -0.2) is 4.98 Å². The Balaban J connectivity index is 1.88. The molecule has 0 spiro atoms. The number of rotatable bonds is 7. The van der Waals surface area contributed by atoms with Crippen molar-refractivity contribution in [1.29, 1.82) is 0 Å². The summed E-state index contributed by atoms with van der Waals surface area (Å²) in [5.41, 5.74) is 5.28. The largest absolute Gasteiger partial charge is 0.497 e. The summed E-state index contributed by atoms with van der Waals surface area (Å²) in [6, 6.07) is 19.1. The van der Waals surface area contributed by atoms with Crippen molar-refractivity contribution < 1.29 is 9.47 Å². The molecule has 33 heavy (non-hydrogen) atoms. The van der Waals surface area contributed by atoms with Crippen molar-refractivity contribution in [3.8, 4) is 39.7 Å². The molecule has 0 amide bonds. The van der Waals surface area contributed by atoms with E-state index < -0.39 is 0 Å². The van der Waals surface area contributed by atoms with Gasteiger partial charge in [-0.05, 0) is 55.3 Å². The Bertz CT molecular complexity index is 1330. The molecule has 0 unspecified atom stereocenters. The molecule has 7 nitrogen and oxygen atoms in total. The van der Waals surface area contributed by atoms with Crippen LogP contribution in [0.4, 0.5) is 5.69 Å². The summed E-state index contributed by atoms with van der Waals surface area (Å²) in [6.07, 6.45) is 1.75. The predicted molar refractivity (Wildman–Crippen MR) is 131 cm³/mol. The maximum atomic E-state index is 13.3. The molecule has 0 aliphatic heterocycles. The van der Waals surface area contributed by atoms with Gasteiger partial charge in [-0.2, -0.15) is 9.78 Å². The van der Waals surface area contributed by atoms with Crippen LogP contribution in [0.15, 0.2) is 71.7 Å². The minimum Gasteiger partial charge on any atom is -0.497 e. The summed E-state index contributed by atoms with van der Waals surface area (Å²) in [7, 11) is 3.21. The second-order valence-corrected chi connectivity index (χ2v) is 7.51. The Hall–Kier alpha value is -4.13. The van der Waals surface area contributed by atoms with Crippen LogP contribution in [0.25, 0.3) is 28.1 Å². The first-order chi connectivity index (χ1) is 16.0. The fraction of sp³-hybridized carbons (Fsp3) is 0.192. The van der Waals surface area contributed by atoms with Gasteiger partial charge in [-0.15, -0.1) is 0 Å². The van der Waals surface area contributed by atoms with Crippen LogP contribution in [-0.4, -0.2) is 35.5 Å². The van der Waals surface area contributed by atoms with Gasteiger partial charge in [0.25, 0.3) is 5.56 Å². The molecule has 0 saturated carbocycles. The zero-order chi connectivity index (χ0) is 23.4. The lowest BCUT2D eigenvalue weighted by Crippen LogP contribution is -2.25. The van der Waals surface area contributed by atoms with E-state index in [1.807, 2.05) is 68.4 Å². The number of aryl methyl sites for hydroxylation is 1. The quantitative estimate of drug-likeness (QED) is 0.446. The van der Waals surface area contributed by atoms with Crippen molar-refractivity contribution in [3.63, 3.8) is 0 Å². The van der Waals surface area contributed by atoms with Crippen molar-refractivity contribution in [2.24, 2.45) is 0 Å². The summed E-state index contributed by atoms with van der Waals surface area (Å²) in [4.78, 5) is 17.6. The van der Waals surface area contributed by atoms with Crippen molar-refractivity contribution in [3.05, 3.63) is 82.8 Å². The molecule has 0 aliphatic carbocycles. The zero-order valence-electron chi connectivity index (χ0n) is 19.1. The number of aromatic nitrogens is 3. The number of hydrogen-bond acceptors (Lipinski definition) is 6. The van der Waals surface area contributed by atoms with Gasteiger partial charge in [0.15, 0.2) is 0 Å². The normalized spacial score (nSPS) is 10.7. The minimum atomic E-state index is -0.211. The second-order valence-electron chi connectivity index (χ2n) is 7.51. The van der Waals surface area contributed by atoms with Gasteiger partial charge >= 0.3 is 0 Å². The molecule has 2 aromatic heterocycles. The summed E-state index contributed by atoms with van der Waals surface area (Å²) in [5, 5.41) is 7.90. The molecule has 2 aromatic carbocycles. The van der Waals surface area contributed by atoms with E-state index in [2.05, 4.69) is 10.3 Å². The monoisotopic (exact) mass is 442 g/mol. The van der Waals surface area contributed by atoms with E-state index in [0.717, 1.165) is 28.0 Å². The highest BCUT2D eigenvalue weighted by Crippen LogP contribution is 2.27. The van der Waals surface area contributed by atoms with Crippen LogP contribution in [0.3, 0.4) is 0 Å². The number of nitrogens with zero attached hydrogens (tertiary/aromatic N) is 3. The molecule has 0 bridgehead atoms. The predicted octanol–water partition coefficient (Wildman–Crippen LogP) is 4.72. The summed E-state index contributed by atoms with van der Waals surface area (Å²) in [5.74, 6) is 1.27. The lowest BCUT2D eigenvalue weighted by molar-refractivity contribution is 0.398. The lowest BCUT2D eigenvalue weighted by atomic mass is 10.0. The van der Waals surface area contributed by atoms with Gasteiger partial charge in [0.1, 0.15) is 11.4 Å². The first kappa shape index (κ1) is 22.1. The number of benzene rings is 2. The molecule has 1 N–H and O–H groups in total. The Morgan fingerprint density at radius 2 is 1.76 bits per heavy atom. The summed E-state index contributed by atoms with van der Waals surface area (Å²) < 4.78 is 12.0. The molecule has 0 atom stereocenters. The topological polar surface area (TPSA) is 78.3 Å². The third-order valence-corrected chi connectivity index (χ3v) is 5.36. The average Bonchev–Trinajstić information content (AvgIpc) is 2.86. The van der Waals surface area contributed by atoms with E-state index in [-0.39, 0.29) is 5.56 Å². The third kappa shape index (κ3) is 4.57. The number of hydrogen-bond donors (Lipinski definition) is 1. The lowest BCUT2D eigenvalue weighted by Gasteiger charge is -2.15. The number of methoxy groups -OCH3 is 2. The fourth-order valence-corrected chi connectivity index (χ4v) is 3.59. The highest BCUT2D eigenvalue weighted by molar-refractivity contribution is 5.68. The Labute approximate surface area is 192 Å². The number of nitrogens with one attached hydrogen (secondary N) is 1. The maximum Gasteiger partial charge on any atom is 0.294 e. The molecular weight excluding hydrogens is 416 g/mol. The Kier molecular flexibility index (Phi) is 6.40. The van der Waals surface area contributed by atoms with E-state index in [1.165, 1.54) is 4.68 Å². The third-order valence-electron chi connectivity index (χ3n) is 5.36. The first-order valence-corrected chi connectivity index (χ1v) is 10.7. The molecule has 0 fully saturated rings. The van der Waals surface area contributed by atoms with Gasteiger partial charge in [0.05, 0.1) is 25.6 Å². The van der Waals surface area contributed by atoms with Gasteiger partial charge < -0.3 is 14.8 Å². The van der Waals surface area contributed by atoms with E-state index >= 15 is 0 Å². The van der Waals surface area contributed by atoms with Crippen LogP contribution in [-0.2, 0) is 0 Å². The highest BCUT2D eigenvalue weighted by Gasteiger charge is 2.14. The van der Waals surface area contributed by atoms with Crippen molar-refractivity contribution in [2.45, 2.75) is 13.8 Å². The van der Waals surface area contributed by atoms with Crippen LogP contribution >= 0.6 is 0 Å². The van der Waals surface area contributed by atoms with Gasteiger partial charge in [0.2, 0.25) is 5.88 Å². The van der Waals surface area contributed by atoms with Crippen LogP contribution in [0.2, 0.25) is 0 Å². The van der Waals surface area contributed by atoms with Crippen LogP contribution in [0.5, 0.6) is 11.6 Å². The van der Waals surface area contributed by atoms with Crippen LogP contribution in [0.1, 0.15) is 12.5 Å². The molecule has 168 valence electrons. The molecular formula is C26H26N4O3. The van der Waals surface area contributed by atoms with Crippen LogP contribution < -0.4 is 20.3 Å². The van der Waals surface area contributed by atoms with E-state index in [9.17, 15) is 4.79 Å². The number of anilines is 1. The van der Waals surface area contributed by atoms with Gasteiger partial charge in [-0.1, -0.05) is 24.3 Å². The minimum absolute atomic E-state index is 0.211. The Morgan fingerprint density at radius 1 is 0.939 bits per heavy atom. The summed E-state index contributed by atoms with van der Waals surface area (Å²) in [6.45, 7) is 4.54. The average molecular weight is 443 g/mol. The molecule has 4 rings (SSSR count). The van der Waals surface area contributed by atoms with Crippen LogP contribution in [0, 0.1) is 6.92 Å². The fourth-order valence-electron chi connectivity index (χ4n) is 3.59. The Morgan fingerprint density at radius 3 is 2.45 bits per heavy atom. The van der Waals surface area contributed by atoms with E-state index in [4.69, 9.17) is 14.6 Å².